The molecule has 0 aliphatic heterocycles. The molecular formula is C8H14O5. The Kier molecular flexibility index (Phi) is 5.06. The maximum Gasteiger partial charge on any atom is 0.336 e. The summed E-state index contributed by atoms with van der Waals surface area (Å²) in [5.74, 6) is -1.88. The molecule has 0 aromatic carbocycles. The van der Waals surface area contributed by atoms with Gasteiger partial charge >= 0.3 is 11.9 Å². The minimum absolute atomic E-state index is 0.233. The Hall–Kier alpha value is -1.10. The molecule has 76 valence electrons. The van der Waals surface area contributed by atoms with Gasteiger partial charge in [0.2, 0.25) is 0 Å². The van der Waals surface area contributed by atoms with Crippen LogP contribution < -0.4 is 0 Å². The van der Waals surface area contributed by atoms with E-state index in [0.717, 1.165) is 0 Å². The summed E-state index contributed by atoms with van der Waals surface area (Å²) in [5.41, 5.74) is 0. The molecule has 0 radical (unpaired) electrons. The van der Waals surface area contributed by atoms with Crippen LogP contribution in [0.4, 0.5) is 0 Å². The molecular weight excluding hydrogens is 176 g/mol. The zero-order valence-electron chi connectivity index (χ0n) is 7.69. The average Bonchev–Trinajstić information content (AvgIpc) is 2.03. The molecule has 0 bridgehead atoms. The summed E-state index contributed by atoms with van der Waals surface area (Å²) in [4.78, 5) is 21.1. The number of carbonyl (C=O) groups is 2. The summed E-state index contributed by atoms with van der Waals surface area (Å²) in [6.07, 6.45) is -1.79. The third kappa shape index (κ3) is 4.47. The van der Waals surface area contributed by atoms with Crippen molar-refractivity contribution < 1.29 is 24.5 Å². The van der Waals surface area contributed by atoms with Crippen molar-refractivity contribution in [3.8, 4) is 0 Å². The summed E-state index contributed by atoms with van der Waals surface area (Å²) in [6, 6.07) is 0. The van der Waals surface area contributed by atoms with Gasteiger partial charge in [0.1, 0.15) is 6.10 Å². The Labute approximate surface area is 76.3 Å². The van der Waals surface area contributed by atoms with Gasteiger partial charge in [0.15, 0.2) is 6.10 Å². The molecule has 0 saturated heterocycles. The van der Waals surface area contributed by atoms with E-state index in [2.05, 4.69) is 4.74 Å². The molecule has 5 heteroatoms. The zero-order valence-corrected chi connectivity index (χ0v) is 7.69. The van der Waals surface area contributed by atoms with E-state index in [1.807, 2.05) is 0 Å². The standard InChI is InChI=1S/C8H14O5/c1-3-4-6(9)13-5(2)7(10)8(11)12/h5,7,10H,3-4H2,1-2H3,(H,11,12). The number of carboxylic acids is 1. The molecule has 0 amide bonds. The fourth-order valence-corrected chi connectivity index (χ4v) is 0.736. The first-order chi connectivity index (χ1) is 5.99. The molecule has 13 heavy (non-hydrogen) atoms. The second-order valence-corrected chi connectivity index (χ2v) is 2.73. The molecule has 0 aliphatic carbocycles. The van der Waals surface area contributed by atoms with E-state index in [1.54, 1.807) is 6.92 Å². The minimum Gasteiger partial charge on any atom is -0.479 e. The monoisotopic (exact) mass is 190 g/mol. The molecule has 0 heterocycles. The van der Waals surface area contributed by atoms with Crippen molar-refractivity contribution in [2.75, 3.05) is 0 Å². The number of esters is 1. The second kappa shape index (κ2) is 5.53. The van der Waals surface area contributed by atoms with Crippen LogP contribution in [0.1, 0.15) is 26.7 Å². The first kappa shape index (κ1) is 11.9. The van der Waals surface area contributed by atoms with Gasteiger partial charge in [0.05, 0.1) is 0 Å². The second-order valence-electron chi connectivity index (χ2n) is 2.73. The number of carboxylic acid groups (broad SMARTS) is 1. The number of aliphatic carboxylic acids is 1. The van der Waals surface area contributed by atoms with Gasteiger partial charge in [-0.15, -0.1) is 0 Å². The van der Waals surface area contributed by atoms with Crippen LogP contribution >= 0.6 is 0 Å². The highest BCUT2D eigenvalue weighted by Gasteiger charge is 2.24. The molecule has 2 unspecified atom stereocenters. The Bertz CT molecular complexity index is 189. The minimum atomic E-state index is -1.65. The van der Waals surface area contributed by atoms with Crippen molar-refractivity contribution in [1.82, 2.24) is 0 Å². The summed E-state index contributed by atoms with van der Waals surface area (Å²) in [5, 5.41) is 17.3. The van der Waals surface area contributed by atoms with Crippen LogP contribution in [0, 0.1) is 0 Å². The first-order valence-corrected chi connectivity index (χ1v) is 4.09. The smallest absolute Gasteiger partial charge is 0.336 e. The predicted molar refractivity (Wildman–Crippen MR) is 44.1 cm³/mol. The lowest BCUT2D eigenvalue weighted by molar-refractivity contribution is -0.163. The van der Waals surface area contributed by atoms with Gasteiger partial charge in [-0.05, 0) is 13.3 Å². The van der Waals surface area contributed by atoms with Crippen LogP contribution in [0.2, 0.25) is 0 Å². The Balaban J connectivity index is 3.92. The van der Waals surface area contributed by atoms with Gasteiger partial charge in [-0.25, -0.2) is 4.79 Å². The normalized spacial score (nSPS) is 14.7. The number of carbonyl (C=O) groups excluding carboxylic acids is 1. The van der Waals surface area contributed by atoms with Gasteiger partial charge in [-0.3, -0.25) is 4.79 Å². The van der Waals surface area contributed by atoms with E-state index in [0.29, 0.717) is 6.42 Å². The number of ether oxygens (including phenoxy) is 1. The van der Waals surface area contributed by atoms with E-state index in [4.69, 9.17) is 10.2 Å². The van der Waals surface area contributed by atoms with Crippen LogP contribution in [-0.4, -0.2) is 34.4 Å². The number of hydrogen-bond acceptors (Lipinski definition) is 4. The number of aliphatic hydroxyl groups is 1. The highest BCUT2D eigenvalue weighted by Crippen LogP contribution is 2.02. The third-order valence-corrected chi connectivity index (χ3v) is 1.47. The van der Waals surface area contributed by atoms with Gasteiger partial charge in [-0.2, -0.15) is 0 Å². The first-order valence-electron chi connectivity index (χ1n) is 4.09. The van der Waals surface area contributed by atoms with Crippen molar-refractivity contribution in [2.45, 2.75) is 38.9 Å². The van der Waals surface area contributed by atoms with Crippen LogP contribution in [0.3, 0.4) is 0 Å². The molecule has 0 aromatic rings. The van der Waals surface area contributed by atoms with Crippen LogP contribution in [-0.2, 0) is 14.3 Å². The van der Waals surface area contributed by atoms with Gasteiger partial charge in [0.25, 0.3) is 0 Å². The fraction of sp³-hybridized carbons (Fsp3) is 0.750. The van der Waals surface area contributed by atoms with Crippen LogP contribution in [0.15, 0.2) is 0 Å². The van der Waals surface area contributed by atoms with E-state index in [9.17, 15) is 9.59 Å². The lowest BCUT2D eigenvalue weighted by Crippen LogP contribution is -2.35. The van der Waals surface area contributed by atoms with Gasteiger partial charge in [-0.1, -0.05) is 6.92 Å². The van der Waals surface area contributed by atoms with Crippen molar-refractivity contribution in [3.05, 3.63) is 0 Å². The summed E-state index contributed by atoms with van der Waals surface area (Å²) < 4.78 is 4.64. The van der Waals surface area contributed by atoms with Crippen LogP contribution in [0.25, 0.3) is 0 Å². The quantitative estimate of drug-likeness (QED) is 0.603. The van der Waals surface area contributed by atoms with E-state index in [1.165, 1.54) is 6.92 Å². The summed E-state index contributed by atoms with van der Waals surface area (Å²) >= 11 is 0. The average molecular weight is 190 g/mol. The van der Waals surface area contributed by atoms with Gasteiger partial charge < -0.3 is 14.9 Å². The number of hydrogen-bond donors (Lipinski definition) is 2. The van der Waals surface area contributed by atoms with E-state index in [-0.39, 0.29) is 6.42 Å². The molecule has 5 nitrogen and oxygen atoms in total. The molecule has 0 saturated carbocycles. The molecule has 0 fully saturated rings. The molecule has 0 spiro atoms. The highest BCUT2D eigenvalue weighted by molar-refractivity contribution is 5.74. The van der Waals surface area contributed by atoms with Crippen molar-refractivity contribution in [2.24, 2.45) is 0 Å². The molecule has 2 N–H and O–H groups in total. The largest absolute Gasteiger partial charge is 0.479 e. The van der Waals surface area contributed by atoms with Crippen molar-refractivity contribution in [1.29, 1.82) is 0 Å². The Morgan fingerprint density at radius 2 is 2.00 bits per heavy atom. The topological polar surface area (TPSA) is 83.8 Å². The lowest BCUT2D eigenvalue weighted by atomic mass is 10.2. The number of rotatable bonds is 5. The van der Waals surface area contributed by atoms with Gasteiger partial charge in [0, 0.05) is 6.42 Å². The third-order valence-electron chi connectivity index (χ3n) is 1.47. The molecule has 0 aliphatic rings. The number of aliphatic hydroxyl groups excluding tert-OH is 1. The molecule has 2 atom stereocenters. The van der Waals surface area contributed by atoms with E-state index >= 15 is 0 Å². The fourth-order valence-electron chi connectivity index (χ4n) is 0.736. The van der Waals surface area contributed by atoms with Crippen molar-refractivity contribution in [3.63, 3.8) is 0 Å². The van der Waals surface area contributed by atoms with Crippen molar-refractivity contribution >= 4 is 11.9 Å². The maximum atomic E-state index is 10.9. The lowest BCUT2D eigenvalue weighted by Gasteiger charge is -2.15. The zero-order chi connectivity index (χ0) is 10.4. The molecule has 0 rings (SSSR count). The molecule has 0 aromatic heterocycles. The summed E-state index contributed by atoms with van der Waals surface area (Å²) in [6.45, 7) is 3.14. The van der Waals surface area contributed by atoms with Crippen LogP contribution in [0.5, 0.6) is 0 Å². The van der Waals surface area contributed by atoms with E-state index < -0.39 is 24.1 Å². The maximum absolute atomic E-state index is 10.9. The predicted octanol–water partition coefficient (Wildman–Crippen LogP) is 0.164. The Morgan fingerprint density at radius 1 is 1.46 bits per heavy atom. The Morgan fingerprint density at radius 3 is 2.38 bits per heavy atom. The summed E-state index contributed by atoms with van der Waals surface area (Å²) in [7, 11) is 0. The highest BCUT2D eigenvalue weighted by atomic mass is 16.6. The SMILES string of the molecule is CCCC(=O)OC(C)C(O)C(=O)O.